The van der Waals surface area contributed by atoms with E-state index >= 15 is 0 Å². The minimum absolute atomic E-state index is 0.301. The number of halogens is 1. The van der Waals surface area contributed by atoms with Gasteiger partial charge in [-0.1, -0.05) is 17.7 Å². The van der Waals surface area contributed by atoms with Gasteiger partial charge < -0.3 is 15.1 Å². The lowest BCUT2D eigenvalue weighted by molar-refractivity contribution is 0.187. The van der Waals surface area contributed by atoms with Crippen LogP contribution >= 0.6 is 11.6 Å². The molecule has 17 heavy (non-hydrogen) atoms. The van der Waals surface area contributed by atoms with Crippen LogP contribution in [0.25, 0.3) is 0 Å². The van der Waals surface area contributed by atoms with Crippen LogP contribution in [-0.2, 0) is 0 Å². The van der Waals surface area contributed by atoms with E-state index in [1.807, 2.05) is 30.1 Å². The summed E-state index contributed by atoms with van der Waals surface area (Å²) in [6.45, 7) is 4.23. The second-order valence-corrected chi connectivity index (χ2v) is 4.85. The molecule has 0 aliphatic heterocycles. The highest BCUT2D eigenvalue weighted by molar-refractivity contribution is 6.31. The molecule has 0 radical (unpaired) electrons. The molecule has 1 rings (SSSR count). The van der Waals surface area contributed by atoms with E-state index in [0.29, 0.717) is 11.4 Å². The first-order chi connectivity index (χ1) is 7.91. The van der Waals surface area contributed by atoms with Crippen LogP contribution in [0.2, 0.25) is 5.02 Å². The van der Waals surface area contributed by atoms with E-state index in [1.165, 1.54) is 0 Å². The molecule has 0 aliphatic carbocycles. The largest absolute Gasteiger partial charge is 0.393 e. The Labute approximate surface area is 108 Å². The summed E-state index contributed by atoms with van der Waals surface area (Å²) in [4.78, 5) is 2.03. The van der Waals surface area contributed by atoms with E-state index in [2.05, 4.69) is 0 Å². The molecule has 4 heteroatoms. The van der Waals surface area contributed by atoms with Crippen molar-refractivity contribution < 1.29 is 10.2 Å². The lowest BCUT2D eigenvalue weighted by Crippen LogP contribution is -2.21. The van der Waals surface area contributed by atoms with Crippen LogP contribution in [0, 0.1) is 0 Å². The minimum Gasteiger partial charge on any atom is -0.393 e. The Hall–Kier alpha value is -0.770. The summed E-state index contributed by atoms with van der Waals surface area (Å²) >= 11 is 6.10. The van der Waals surface area contributed by atoms with Crippen molar-refractivity contribution in [3.05, 3.63) is 28.8 Å². The average Bonchev–Trinajstić information content (AvgIpc) is 2.25. The lowest BCUT2D eigenvalue weighted by atomic mass is 10.1. The van der Waals surface area contributed by atoms with Crippen LogP contribution in [0.3, 0.4) is 0 Å². The fourth-order valence-electron chi connectivity index (χ4n) is 1.60. The number of rotatable bonds is 5. The summed E-state index contributed by atoms with van der Waals surface area (Å²) < 4.78 is 0. The van der Waals surface area contributed by atoms with Crippen molar-refractivity contribution in [2.75, 3.05) is 18.5 Å². The van der Waals surface area contributed by atoms with Crippen molar-refractivity contribution >= 4 is 17.3 Å². The molecule has 0 spiro atoms. The Bertz CT molecular complexity index is 366. The molecule has 0 fully saturated rings. The van der Waals surface area contributed by atoms with Crippen molar-refractivity contribution in [2.24, 2.45) is 0 Å². The number of anilines is 1. The van der Waals surface area contributed by atoms with E-state index in [9.17, 15) is 10.2 Å². The molecule has 0 heterocycles. The smallest absolute Gasteiger partial charge is 0.0776 e. The Morgan fingerprint density at radius 1 is 1.29 bits per heavy atom. The Morgan fingerprint density at radius 2 is 1.94 bits per heavy atom. The Kier molecular flexibility index (Phi) is 5.25. The summed E-state index contributed by atoms with van der Waals surface area (Å²) in [7, 11) is 1.95. The van der Waals surface area contributed by atoms with E-state index in [1.54, 1.807) is 13.8 Å². The molecule has 0 saturated carbocycles. The molecule has 1 aromatic carbocycles. The first-order valence-electron chi connectivity index (χ1n) is 5.78. The molecule has 3 nitrogen and oxygen atoms in total. The maximum atomic E-state index is 9.48. The van der Waals surface area contributed by atoms with Crippen LogP contribution in [0.15, 0.2) is 18.2 Å². The molecule has 0 saturated heterocycles. The van der Waals surface area contributed by atoms with E-state index in [-0.39, 0.29) is 6.10 Å². The first-order valence-corrected chi connectivity index (χ1v) is 6.16. The Morgan fingerprint density at radius 3 is 2.41 bits per heavy atom. The summed E-state index contributed by atoms with van der Waals surface area (Å²) in [6, 6.07) is 5.60. The van der Waals surface area contributed by atoms with Gasteiger partial charge in [-0.3, -0.25) is 0 Å². The van der Waals surface area contributed by atoms with Gasteiger partial charge in [0.15, 0.2) is 0 Å². The monoisotopic (exact) mass is 257 g/mol. The molecular weight excluding hydrogens is 238 g/mol. The van der Waals surface area contributed by atoms with Crippen LogP contribution in [-0.4, -0.2) is 29.9 Å². The number of nitrogens with zero attached hydrogens (tertiary/aromatic N) is 1. The van der Waals surface area contributed by atoms with Crippen LogP contribution in [0.5, 0.6) is 0 Å². The topological polar surface area (TPSA) is 43.7 Å². The number of aliphatic hydroxyl groups is 2. The van der Waals surface area contributed by atoms with Crippen LogP contribution in [0.1, 0.15) is 31.9 Å². The average molecular weight is 258 g/mol. The zero-order valence-corrected chi connectivity index (χ0v) is 11.3. The van der Waals surface area contributed by atoms with Crippen molar-refractivity contribution in [1.82, 2.24) is 0 Å². The number of benzene rings is 1. The van der Waals surface area contributed by atoms with E-state index < -0.39 is 6.10 Å². The molecule has 2 atom stereocenters. The third kappa shape index (κ3) is 4.19. The summed E-state index contributed by atoms with van der Waals surface area (Å²) in [5.41, 5.74) is 1.72. The highest BCUT2D eigenvalue weighted by atomic mass is 35.5. The van der Waals surface area contributed by atoms with Gasteiger partial charge in [0, 0.05) is 24.3 Å². The first kappa shape index (κ1) is 14.3. The normalized spacial score (nSPS) is 14.5. The lowest BCUT2D eigenvalue weighted by Gasteiger charge is -2.21. The van der Waals surface area contributed by atoms with Crippen LogP contribution < -0.4 is 4.90 Å². The summed E-state index contributed by atoms with van der Waals surface area (Å²) in [5.74, 6) is 0. The van der Waals surface area contributed by atoms with Gasteiger partial charge in [-0.15, -0.1) is 0 Å². The van der Waals surface area contributed by atoms with Gasteiger partial charge in [0.25, 0.3) is 0 Å². The van der Waals surface area contributed by atoms with Gasteiger partial charge in [0.1, 0.15) is 0 Å². The summed E-state index contributed by atoms with van der Waals surface area (Å²) in [5, 5.41) is 19.3. The Balaban J connectivity index is 2.75. The predicted octanol–water partition coefficient (Wildman–Crippen LogP) is 2.60. The maximum Gasteiger partial charge on any atom is 0.0776 e. The summed E-state index contributed by atoms with van der Waals surface area (Å²) in [6.07, 6.45) is -0.143. The molecule has 0 aliphatic rings. The van der Waals surface area contributed by atoms with Crippen molar-refractivity contribution in [3.63, 3.8) is 0 Å². The SMILES string of the molecule is CC(O)CCN(C)c1ccc(C(C)O)c(Cl)c1. The molecule has 0 bridgehead atoms. The number of hydrogen-bond donors (Lipinski definition) is 2. The van der Waals surface area contributed by atoms with E-state index in [0.717, 1.165) is 17.8 Å². The second kappa shape index (κ2) is 6.24. The highest BCUT2D eigenvalue weighted by Gasteiger charge is 2.09. The standard InChI is InChI=1S/C13H20ClNO2/c1-9(16)6-7-15(3)11-4-5-12(10(2)17)13(14)8-11/h4-5,8-10,16-17H,6-7H2,1-3H3. The molecule has 96 valence electrons. The zero-order chi connectivity index (χ0) is 13.0. The van der Waals surface area contributed by atoms with Gasteiger partial charge in [-0.2, -0.15) is 0 Å². The van der Waals surface area contributed by atoms with Gasteiger partial charge in [-0.05, 0) is 38.0 Å². The second-order valence-electron chi connectivity index (χ2n) is 4.44. The molecule has 2 unspecified atom stereocenters. The fourth-order valence-corrected chi connectivity index (χ4v) is 1.93. The van der Waals surface area contributed by atoms with E-state index in [4.69, 9.17) is 11.6 Å². The highest BCUT2D eigenvalue weighted by Crippen LogP contribution is 2.27. The molecular formula is C13H20ClNO2. The number of hydrogen-bond acceptors (Lipinski definition) is 3. The number of aliphatic hydroxyl groups excluding tert-OH is 2. The fraction of sp³-hybridized carbons (Fsp3) is 0.538. The molecule has 1 aromatic rings. The molecule has 2 N–H and O–H groups in total. The van der Waals surface area contributed by atoms with Crippen molar-refractivity contribution in [1.29, 1.82) is 0 Å². The maximum absolute atomic E-state index is 9.48. The van der Waals surface area contributed by atoms with Crippen LogP contribution in [0.4, 0.5) is 5.69 Å². The van der Waals surface area contributed by atoms with Gasteiger partial charge in [0.05, 0.1) is 12.2 Å². The van der Waals surface area contributed by atoms with Gasteiger partial charge in [0.2, 0.25) is 0 Å². The zero-order valence-electron chi connectivity index (χ0n) is 10.5. The molecule has 0 amide bonds. The van der Waals surface area contributed by atoms with Crippen molar-refractivity contribution in [2.45, 2.75) is 32.5 Å². The molecule has 0 aromatic heterocycles. The third-order valence-corrected chi connectivity index (χ3v) is 3.08. The van der Waals surface area contributed by atoms with Gasteiger partial charge >= 0.3 is 0 Å². The minimum atomic E-state index is -0.556. The predicted molar refractivity (Wildman–Crippen MR) is 71.7 cm³/mol. The van der Waals surface area contributed by atoms with Gasteiger partial charge in [-0.25, -0.2) is 0 Å². The van der Waals surface area contributed by atoms with Crippen molar-refractivity contribution in [3.8, 4) is 0 Å². The third-order valence-electron chi connectivity index (χ3n) is 2.76. The quantitative estimate of drug-likeness (QED) is 0.852.